The van der Waals surface area contributed by atoms with E-state index in [1.54, 1.807) is 18.4 Å². The highest BCUT2D eigenvalue weighted by molar-refractivity contribution is 5.66. The first-order valence-corrected chi connectivity index (χ1v) is 7.83. The highest BCUT2D eigenvalue weighted by atomic mass is 19.1. The molecule has 0 radical (unpaired) electrons. The summed E-state index contributed by atoms with van der Waals surface area (Å²) < 4.78 is 19.1. The number of benzene rings is 2. The van der Waals surface area contributed by atoms with E-state index in [-0.39, 0.29) is 11.7 Å². The first-order valence-electron chi connectivity index (χ1n) is 7.83. The maximum absolute atomic E-state index is 13.3. The van der Waals surface area contributed by atoms with Crippen LogP contribution in [0, 0.1) is 5.82 Å². The summed E-state index contributed by atoms with van der Waals surface area (Å²) in [7, 11) is 0. The van der Waals surface area contributed by atoms with E-state index >= 15 is 0 Å². The predicted octanol–water partition coefficient (Wildman–Crippen LogP) is 4.52. The van der Waals surface area contributed by atoms with E-state index in [9.17, 15) is 9.50 Å². The summed E-state index contributed by atoms with van der Waals surface area (Å²) in [6.07, 6.45) is 2.78. The average Bonchev–Trinajstić information content (AvgIpc) is 3.01. The van der Waals surface area contributed by atoms with Crippen molar-refractivity contribution < 1.29 is 13.9 Å². The predicted molar refractivity (Wildman–Crippen MR) is 86.7 cm³/mol. The molecular formula is C20H17FO2. The van der Waals surface area contributed by atoms with E-state index in [0.717, 1.165) is 34.4 Å². The Morgan fingerprint density at radius 1 is 1.00 bits per heavy atom. The highest BCUT2D eigenvalue weighted by Gasteiger charge is 2.34. The monoisotopic (exact) mass is 308 g/mol. The Bertz CT molecular complexity index is 805. The minimum Gasteiger partial charge on any atom is -0.464 e. The Hall–Kier alpha value is -2.39. The molecule has 0 bridgehead atoms. The number of aliphatic hydroxyl groups excluding tert-OH is 1. The molecule has 0 saturated heterocycles. The van der Waals surface area contributed by atoms with E-state index in [1.807, 2.05) is 30.3 Å². The molecule has 1 aromatic heterocycles. The Morgan fingerprint density at radius 3 is 2.48 bits per heavy atom. The number of aryl methyl sites for hydroxylation is 1. The standard InChI is InChI=1S/C20H17FO2/c21-16-9-6-13(7-10-16)18-17(22)11-8-15-12-23-20(19(15)18)14-4-2-1-3-5-14/h1-7,9-10,12,17-18,22H,8,11H2/t17-,18-/m0/s1. The fraction of sp³-hybridized carbons (Fsp3) is 0.200. The Morgan fingerprint density at radius 2 is 1.74 bits per heavy atom. The third-order valence-corrected chi connectivity index (χ3v) is 4.58. The summed E-state index contributed by atoms with van der Waals surface area (Å²) in [5, 5.41) is 10.6. The smallest absolute Gasteiger partial charge is 0.138 e. The molecular weight excluding hydrogens is 291 g/mol. The molecule has 1 aliphatic rings. The van der Waals surface area contributed by atoms with Gasteiger partial charge in [0.2, 0.25) is 0 Å². The maximum atomic E-state index is 13.3. The van der Waals surface area contributed by atoms with Crippen molar-refractivity contribution in [2.75, 3.05) is 0 Å². The Balaban J connectivity index is 1.87. The molecule has 2 nitrogen and oxygen atoms in total. The number of fused-ring (bicyclic) bond motifs is 1. The van der Waals surface area contributed by atoms with E-state index in [2.05, 4.69) is 0 Å². The summed E-state index contributed by atoms with van der Waals surface area (Å²) in [5.74, 6) is 0.344. The van der Waals surface area contributed by atoms with Crippen molar-refractivity contribution in [3.8, 4) is 11.3 Å². The molecule has 3 heteroatoms. The summed E-state index contributed by atoms with van der Waals surface area (Å²) in [6, 6.07) is 16.3. The lowest BCUT2D eigenvalue weighted by molar-refractivity contribution is 0.140. The van der Waals surface area contributed by atoms with Gasteiger partial charge in [-0.2, -0.15) is 0 Å². The molecule has 4 rings (SSSR count). The zero-order chi connectivity index (χ0) is 15.8. The summed E-state index contributed by atoms with van der Waals surface area (Å²) in [6.45, 7) is 0. The van der Waals surface area contributed by atoms with Gasteiger partial charge in [0.05, 0.1) is 12.4 Å². The molecule has 116 valence electrons. The van der Waals surface area contributed by atoms with Crippen LogP contribution in [0.4, 0.5) is 4.39 Å². The van der Waals surface area contributed by atoms with Crippen LogP contribution in [0.1, 0.15) is 29.0 Å². The SMILES string of the molecule is O[C@H]1CCc2coc(-c3ccccc3)c2[C@H]1c1ccc(F)cc1. The van der Waals surface area contributed by atoms with Crippen LogP contribution in [0.3, 0.4) is 0 Å². The third kappa shape index (κ3) is 2.47. The quantitative estimate of drug-likeness (QED) is 0.755. The van der Waals surface area contributed by atoms with Gasteiger partial charge in [-0.1, -0.05) is 42.5 Å². The van der Waals surface area contributed by atoms with E-state index in [1.165, 1.54) is 12.1 Å². The molecule has 0 saturated carbocycles. The summed E-state index contributed by atoms with van der Waals surface area (Å²) in [4.78, 5) is 0. The third-order valence-electron chi connectivity index (χ3n) is 4.58. The first-order chi connectivity index (χ1) is 11.2. The van der Waals surface area contributed by atoms with Gasteiger partial charge in [0.15, 0.2) is 0 Å². The molecule has 2 atom stereocenters. The Labute approximate surface area is 134 Å². The van der Waals surface area contributed by atoms with Gasteiger partial charge in [0, 0.05) is 17.0 Å². The highest BCUT2D eigenvalue weighted by Crippen LogP contribution is 2.43. The van der Waals surface area contributed by atoms with Gasteiger partial charge in [-0.15, -0.1) is 0 Å². The van der Waals surface area contributed by atoms with Crippen LogP contribution in [0.2, 0.25) is 0 Å². The largest absolute Gasteiger partial charge is 0.464 e. The molecule has 0 amide bonds. The summed E-state index contributed by atoms with van der Waals surface area (Å²) in [5.41, 5.74) is 4.07. The van der Waals surface area contributed by atoms with Gasteiger partial charge in [-0.3, -0.25) is 0 Å². The first kappa shape index (κ1) is 14.2. The molecule has 3 aromatic rings. The van der Waals surface area contributed by atoms with Crippen molar-refractivity contribution in [2.24, 2.45) is 0 Å². The molecule has 0 spiro atoms. The van der Waals surface area contributed by atoms with Crippen molar-refractivity contribution in [1.82, 2.24) is 0 Å². The minimum absolute atomic E-state index is 0.187. The molecule has 23 heavy (non-hydrogen) atoms. The van der Waals surface area contributed by atoms with Crippen molar-refractivity contribution in [3.05, 3.63) is 83.4 Å². The van der Waals surface area contributed by atoms with Gasteiger partial charge >= 0.3 is 0 Å². The van der Waals surface area contributed by atoms with Crippen molar-refractivity contribution >= 4 is 0 Å². The fourth-order valence-electron chi connectivity index (χ4n) is 3.47. The van der Waals surface area contributed by atoms with Crippen LogP contribution in [0.25, 0.3) is 11.3 Å². The number of furan rings is 1. The van der Waals surface area contributed by atoms with E-state index in [4.69, 9.17) is 4.42 Å². The molecule has 0 aliphatic heterocycles. The van der Waals surface area contributed by atoms with Crippen molar-refractivity contribution in [2.45, 2.75) is 24.9 Å². The normalized spacial score (nSPS) is 20.3. The van der Waals surface area contributed by atoms with Crippen LogP contribution >= 0.6 is 0 Å². The topological polar surface area (TPSA) is 33.4 Å². The van der Waals surface area contributed by atoms with Gasteiger partial charge in [-0.05, 0) is 36.1 Å². The van der Waals surface area contributed by atoms with E-state index < -0.39 is 6.10 Å². The zero-order valence-corrected chi connectivity index (χ0v) is 12.6. The van der Waals surface area contributed by atoms with Crippen molar-refractivity contribution in [1.29, 1.82) is 0 Å². The van der Waals surface area contributed by atoms with E-state index in [0.29, 0.717) is 6.42 Å². The van der Waals surface area contributed by atoms with Crippen LogP contribution in [-0.2, 0) is 6.42 Å². The van der Waals surface area contributed by atoms with Crippen LogP contribution in [-0.4, -0.2) is 11.2 Å². The summed E-state index contributed by atoms with van der Waals surface area (Å²) >= 11 is 0. The lowest BCUT2D eigenvalue weighted by atomic mass is 9.77. The van der Waals surface area contributed by atoms with Crippen LogP contribution in [0.15, 0.2) is 65.3 Å². The molecule has 1 aliphatic carbocycles. The number of hydrogen-bond acceptors (Lipinski definition) is 2. The zero-order valence-electron chi connectivity index (χ0n) is 12.6. The average molecular weight is 308 g/mol. The number of rotatable bonds is 2. The van der Waals surface area contributed by atoms with Gasteiger partial charge in [0.1, 0.15) is 11.6 Å². The second-order valence-electron chi connectivity index (χ2n) is 6.01. The van der Waals surface area contributed by atoms with Gasteiger partial charge in [0.25, 0.3) is 0 Å². The van der Waals surface area contributed by atoms with Gasteiger partial charge in [-0.25, -0.2) is 4.39 Å². The molecule has 0 fully saturated rings. The Kier molecular flexibility index (Phi) is 3.50. The van der Waals surface area contributed by atoms with Gasteiger partial charge < -0.3 is 9.52 Å². The fourth-order valence-corrected chi connectivity index (χ4v) is 3.47. The van der Waals surface area contributed by atoms with Crippen molar-refractivity contribution in [3.63, 3.8) is 0 Å². The molecule has 2 aromatic carbocycles. The number of halogens is 1. The second kappa shape index (κ2) is 5.67. The molecule has 0 unspecified atom stereocenters. The maximum Gasteiger partial charge on any atom is 0.138 e. The number of aliphatic hydroxyl groups is 1. The lowest BCUT2D eigenvalue weighted by Gasteiger charge is -2.29. The second-order valence-corrected chi connectivity index (χ2v) is 6.01. The lowest BCUT2D eigenvalue weighted by Crippen LogP contribution is -2.25. The molecule has 1 heterocycles. The molecule has 1 N–H and O–H groups in total. The number of hydrogen-bond donors (Lipinski definition) is 1. The minimum atomic E-state index is -0.493. The van der Waals surface area contributed by atoms with Crippen LogP contribution in [0.5, 0.6) is 0 Å². The van der Waals surface area contributed by atoms with Crippen LogP contribution < -0.4 is 0 Å².